The van der Waals surface area contributed by atoms with Gasteiger partial charge in [-0.05, 0) is 59.3 Å². The highest BCUT2D eigenvalue weighted by atomic mass is 31.2. The second-order valence-corrected chi connectivity index (χ2v) is 9.12. The minimum Gasteiger partial charge on any atom is -0.372 e. The van der Waals surface area contributed by atoms with Crippen molar-refractivity contribution in [3.05, 3.63) is 0 Å². The standard InChI is InChI=1S/C18H33N2O3P/c1-12(2)20(13(3)4)24(21-9-7-8-19)23-17-10-14(5)16-11-15(6)22-18(16)17/h12-18H,7,9-11H2,1-6H3/t14-,15-,16+,17-,18+,24?/m1/s1. The van der Waals surface area contributed by atoms with Gasteiger partial charge in [0.1, 0.15) is 0 Å². The van der Waals surface area contributed by atoms with Gasteiger partial charge >= 0.3 is 0 Å². The third kappa shape index (κ3) is 4.68. The van der Waals surface area contributed by atoms with Crippen molar-refractivity contribution < 1.29 is 13.8 Å². The van der Waals surface area contributed by atoms with Gasteiger partial charge in [0, 0.05) is 12.1 Å². The van der Waals surface area contributed by atoms with Gasteiger partial charge in [-0.2, -0.15) is 5.26 Å². The lowest BCUT2D eigenvalue weighted by molar-refractivity contribution is -0.0174. The Morgan fingerprint density at radius 2 is 1.88 bits per heavy atom. The molecule has 0 bridgehead atoms. The Bertz CT molecular complexity index is 432. The highest BCUT2D eigenvalue weighted by Crippen LogP contribution is 2.53. The van der Waals surface area contributed by atoms with Crippen LogP contribution < -0.4 is 0 Å². The van der Waals surface area contributed by atoms with Crippen LogP contribution in [0.4, 0.5) is 0 Å². The zero-order valence-electron chi connectivity index (χ0n) is 15.9. The first-order chi connectivity index (χ1) is 11.3. The molecule has 6 atom stereocenters. The van der Waals surface area contributed by atoms with E-state index in [0.717, 1.165) is 12.8 Å². The minimum absolute atomic E-state index is 0.100. The van der Waals surface area contributed by atoms with Crippen LogP contribution in [0, 0.1) is 23.2 Å². The summed E-state index contributed by atoms with van der Waals surface area (Å²) in [6, 6.07) is 2.81. The Balaban J connectivity index is 2.08. The topological polar surface area (TPSA) is 54.7 Å². The summed E-state index contributed by atoms with van der Waals surface area (Å²) in [6.07, 6.45) is 3.19. The molecular formula is C18H33N2O3P. The summed E-state index contributed by atoms with van der Waals surface area (Å²) in [4.78, 5) is 0. The van der Waals surface area contributed by atoms with Crippen LogP contribution in [-0.2, 0) is 13.8 Å². The Hall–Kier alpha value is -0.240. The number of nitrogens with zero attached hydrogens (tertiary/aromatic N) is 2. The second-order valence-electron chi connectivity index (χ2n) is 7.71. The summed E-state index contributed by atoms with van der Waals surface area (Å²) >= 11 is 0. The summed E-state index contributed by atoms with van der Waals surface area (Å²) in [5.74, 6) is 1.24. The van der Waals surface area contributed by atoms with Crippen molar-refractivity contribution in [1.82, 2.24) is 4.67 Å². The van der Waals surface area contributed by atoms with E-state index in [0.29, 0.717) is 43.1 Å². The molecule has 1 unspecified atom stereocenters. The third-order valence-corrected chi connectivity index (χ3v) is 7.16. The lowest BCUT2D eigenvalue weighted by atomic mass is 9.94. The van der Waals surface area contributed by atoms with E-state index < -0.39 is 8.53 Å². The first-order valence-electron chi connectivity index (χ1n) is 9.25. The normalized spacial score (nSPS) is 34.1. The molecule has 1 heterocycles. The van der Waals surface area contributed by atoms with E-state index in [4.69, 9.17) is 19.0 Å². The van der Waals surface area contributed by atoms with E-state index in [1.807, 2.05) is 0 Å². The van der Waals surface area contributed by atoms with Crippen LogP contribution in [0.2, 0.25) is 0 Å². The molecule has 6 heteroatoms. The van der Waals surface area contributed by atoms with Crippen LogP contribution in [0.3, 0.4) is 0 Å². The Morgan fingerprint density at radius 3 is 2.46 bits per heavy atom. The third-order valence-electron chi connectivity index (χ3n) is 5.00. The van der Waals surface area contributed by atoms with Crippen molar-refractivity contribution in [3.63, 3.8) is 0 Å². The number of nitriles is 1. The monoisotopic (exact) mass is 356 g/mol. The molecule has 138 valence electrons. The summed E-state index contributed by atoms with van der Waals surface area (Å²) in [7, 11) is -1.18. The average Bonchev–Trinajstić information content (AvgIpc) is 2.98. The van der Waals surface area contributed by atoms with Gasteiger partial charge in [0.25, 0.3) is 8.53 Å². The molecule has 1 aliphatic heterocycles. The SMILES string of the molecule is CC(C)N(C(C)C)P(OCCC#N)O[C@@H]1C[C@@H](C)[C@@H]2C[C@@H](C)O[C@@H]21. The van der Waals surface area contributed by atoms with Gasteiger partial charge in [-0.3, -0.25) is 0 Å². The fraction of sp³-hybridized carbons (Fsp3) is 0.944. The number of hydrogen-bond acceptors (Lipinski definition) is 5. The van der Waals surface area contributed by atoms with Crippen LogP contribution >= 0.6 is 8.53 Å². The van der Waals surface area contributed by atoms with Gasteiger partial charge in [0.2, 0.25) is 0 Å². The smallest absolute Gasteiger partial charge is 0.259 e. The fourth-order valence-electron chi connectivity index (χ4n) is 4.05. The van der Waals surface area contributed by atoms with Crippen LogP contribution in [0.5, 0.6) is 0 Å². The molecule has 0 aromatic heterocycles. The van der Waals surface area contributed by atoms with Gasteiger partial charge < -0.3 is 13.8 Å². The van der Waals surface area contributed by atoms with Crippen molar-refractivity contribution in [2.45, 2.75) is 91.2 Å². The molecule has 1 saturated heterocycles. The molecule has 0 amide bonds. The molecule has 0 spiro atoms. The number of rotatable bonds is 8. The molecule has 2 fully saturated rings. The predicted molar refractivity (Wildman–Crippen MR) is 96.3 cm³/mol. The second kappa shape index (κ2) is 8.92. The van der Waals surface area contributed by atoms with Crippen molar-refractivity contribution in [1.29, 1.82) is 5.26 Å². The molecule has 2 aliphatic rings. The molecule has 0 aromatic carbocycles. The van der Waals surface area contributed by atoms with E-state index in [1.54, 1.807) is 0 Å². The van der Waals surface area contributed by atoms with Crippen LogP contribution in [0.25, 0.3) is 0 Å². The maximum absolute atomic E-state index is 8.81. The fourth-order valence-corrected chi connectivity index (χ4v) is 5.79. The largest absolute Gasteiger partial charge is 0.372 e. The molecule has 24 heavy (non-hydrogen) atoms. The Morgan fingerprint density at radius 1 is 1.21 bits per heavy atom. The summed E-state index contributed by atoms with van der Waals surface area (Å²) in [5, 5.41) is 8.81. The molecule has 2 rings (SSSR count). The molecule has 0 radical (unpaired) electrons. The Kier molecular flexibility index (Phi) is 7.46. The van der Waals surface area contributed by atoms with E-state index in [1.165, 1.54) is 0 Å². The molecule has 0 aromatic rings. The quantitative estimate of drug-likeness (QED) is 0.474. The maximum atomic E-state index is 8.81. The van der Waals surface area contributed by atoms with E-state index in [2.05, 4.69) is 52.3 Å². The minimum atomic E-state index is -1.18. The van der Waals surface area contributed by atoms with Gasteiger partial charge in [-0.15, -0.1) is 0 Å². The van der Waals surface area contributed by atoms with E-state index in [9.17, 15) is 0 Å². The summed E-state index contributed by atoms with van der Waals surface area (Å²) < 4.78 is 21.0. The molecule has 5 nitrogen and oxygen atoms in total. The van der Waals surface area contributed by atoms with Crippen LogP contribution in [0.1, 0.15) is 60.8 Å². The highest BCUT2D eigenvalue weighted by molar-refractivity contribution is 7.44. The first-order valence-corrected chi connectivity index (χ1v) is 10.4. The van der Waals surface area contributed by atoms with Crippen molar-refractivity contribution in [2.75, 3.05) is 6.61 Å². The lowest BCUT2D eigenvalue weighted by Gasteiger charge is -2.37. The summed E-state index contributed by atoms with van der Waals surface area (Å²) in [5.41, 5.74) is 0. The average molecular weight is 356 g/mol. The highest BCUT2D eigenvalue weighted by Gasteiger charge is 2.49. The number of fused-ring (bicyclic) bond motifs is 1. The van der Waals surface area contributed by atoms with Crippen LogP contribution in [-0.4, -0.2) is 41.7 Å². The van der Waals surface area contributed by atoms with Crippen molar-refractivity contribution in [2.24, 2.45) is 11.8 Å². The molecule has 1 saturated carbocycles. The number of ether oxygens (including phenoxy) is 1. The van der Waals surface area contributed by atoms with Gasteiger partial charge in [0.05, 0.1) is 37.4 Å². The van der Waals surface area contributed by atoms with E-state index in [-0.39, 0.29) is 12.2 Å². The van der Waals surface area contributed by atoms with E-state index >= 15 is 0 Å². The van der Waals surface area contributed by atoms with Gasteiger partial charge in [-0.1, -0.05) is 6.92 Å². The predicted octanol–water partition coefficient (Wildman–Crippen LogP) is 4.48. The zero-order valence-corrected chi connectivity index (χ0v) is 16.8. The molecule has 1 aliphatic carbocycles. The lowest BCUT2D eigenvalue weighted by Crippen LogP contribution is -2.36. The van der Waals surface area contributed by atoms with Crippen molar-refractivity contribution >= 4 is 8.53 Å². The maximum Gasteiger partial charge on any atom is 0.259 e. The summed E-state index contributed by atoms with van der Waals surface area (Å²) in [6.45, 7) is 13.6. The molecule has 0 N–H and O–H groups in total. The number of hydrogen-bond donors (Lipinski definition) is 0. The van der Waals surface area contributed by atoms with Gasteiger partial charge in [-0.25, -0.2) is 4.67 Å². The van der Waals surface area contributed by atoms with Crippen molar-refractivity contribution in [3.8, 4) is 6.07 Å². The molecular weight excluding hydrogens is 323 g/mol. The Labute approximate surface area is 148 Å². The first kappa shape index (κ1) is 20.1. The zero-order chi connectivity index (χ0) is 17.9. The van der Waals surface area contributed by atoms with Gasteiger partial charge in [0.15, 0.2) is 0 Å². The van der Waals surface area contributed by atoms with Crippen LogP contribution in [0.15, 0.2) is 0 Å².